The van der Waals surface area contributed by atoms with Crippen molar-refractivity contribution < 1.29 is 14.6 Å². The van der Waals surface area contributed by atoms with Crippen LogP contribution in [0, 0.1) is 22.7 Å². The fourth-order valence-corrected chi connectivity index (χ4v) is 5.66. The van der Waals surface area contributed by atoms with Gasteiger partial charge in [-0.3, -0.25) is 4.79 Å². The topological polar surface area (TPSA) is 46.5 Å². The summed E-state index contributed by atoms with van der Waals surface area (Å²) in [6.45, 7) is 6.63. The van der Waals surface area contributed by atoms with Crippen LogP contribution >= 0.6 is 0 Å². The molecular weight excluding hydrogens is 324 g/mol. The minimum Gasteiger partial charge on any atom is -0.508 e. The molecule has 3 nitrogen and oxygen atoms in total. The SMILES string of the molecule is CC(=O)OCCC1=CC[C@H]2[C@@H]3CC=C4C=C(O)C=C[C@]4(C)C3=CC[C@]12C. The van der Waals surface area contributed by atoms with Crippen LogP contribution in [0.2, 0.25) is 0 Å². The van der Waals surface area contributed by atoms with E-state index in [4.69, 9.17) is 4.74 Å². The smallest absolute Gasteiger partial charge is 0.302 e. The van der Waals surface area contributed by atoms with Crippen LogP contribution in [0.4, 0.5) is 0 Å². The third-order valence-electron chi connectivity index (χ3n) is 7.16. The maximum atomic E-state index is 11.1. The first-order valence-corrected chi connectivity index (χ1v) is 9.68. The summed E-state index contributed by atoms with van der Waals surface area (Å²) in [5.41, 5.74) is 4.29. The monoisotopic (exact) mass is 352 g/mol. The van der Waals surface area contributed by atoms with Gasteiger partial charge < -0.3 is 9.84 Å². The normalized spacial score (nSPS) is 37.5. The first kappa shape index (κ1) is 17.4. The van der Waals surface area contributed by atoms with E-state index in [1.807, 2.05) is 12.2 Å². The van der Waals surface area contributed by atoms with Crippen LogP contribution in [0.3, 0.4) is 0 Å². The van der Waals surface area contributed by atoms with E-state index in [-0.39, 0.29) is 16.8 Å². The van der Waals surface area contributed by atoms with Crippen molar-refractivity contribution in [3.8, 4) is 0 Å². The molecule has 1 N–H and O–H groups in total. The van der Waals surface area contributed by atoms with Gasteiger partial charge in [0.05, 0.1) is 6.61 Å². The van der Waals surface area contributed by atoms with Crippen molar-refractivity contribution in [2.45, 2.75) is 46.5 Å². The van der Waals surface area contributed by atoms with Crippen molar-refractivity contribution in [3.05, 3.63) is 58.9 Å². The van der Waals surface area contributed by atoms with Crippen molar-refractivity contribution in [1.82, 2.24) is 0 Å². The number of aliphatic hydroxyl groups is 1. The average Bonchev–Trinajstić information content (AvgIpc) is 2.92. The van der Waals surface area contributed by atoms with Crippen LogP contribution in [0.15, 0.2) is 58.9 Å². The second-order valence-corrected chi connectivity index (χ2v) is 8.55. The number of esters is 1. The number of hydrogen-bond donors (Lipinski definition) is 1. The lowest BCUT2D eigenvalue weighted by Crippen LogP contribution is -2.41. The highest BCUT2D eigenvalue weighted by molar-refractivity contribution is 5.65. The fraction of sp³-hybridized carbons (Fsp3) is 0.522. The molecule has 0 fully saturated rings. The largest absolute Gasteiger partial charge is 0.508 e. The lowest BCUT2D eigenvalue weighted by Gasteiger charge is -2.50. The van der Waals surface area contributed by atoms with Crippen LogP contribution < -0.4 is 0 Å². The predicted molar refractivity (Wildman–Crippen MR) is 102 cm³/mol. The van der Waals surface area contributed by atoms with Crippen molar-refractivity contribution in [2.75, 3.05) is 6.61 Å². The van der Waals surface area contributed by atoms with E-state index in [9.17, 15) is 9.90 Å². The first-order chi connectivity index (χ1) is 12.3. The van der Waals surface area contributed by atoms with E-state index in [1.54, 1.807) is 0 Å². The zero-order chi connectivity index (χ0) is 18.5. The Morgan fingerprint density at radius 3 is 2.85 bits per heavy atom. The van der Waals surface area contributed by atoms with Gasteiger partial charge in [0.2, 0.25) is 0 Å². The predicted octanol–water partition coefficient (Wildman–Crippen LogP) is 5.19. The van der Waals surface area contributed by atoms with Gasteiger partial charge in [-0.25, -0.2) is 0 Å². The third kappa shape index (κ3) is 2.52. The van der Waals surface area contributed by atoms with Gasteiger partial charge in [0.25, 0.3) is 0 Å². The minimum atomic E-state index is -0.200. The van der Waals surface area contributed by atoms with E-state index < -0.39 is 0 Å². The Morgan fingerprint density at radius 2 is 2.08 bits per heavy atom. The average molecular weight is 352 g/mol. The zero-order valence-electron chi connectivity index (χ0n) is 15.9. The standard InChI is InChI=1S/C23H28O3/c1-15(24)26-13-10-16-5-7-20-19-6-4-17-14-18(25)8-11-23(17,3)21(19)9-12-22(16,20)2/h4-5,8-9,11,14,19-20,25H,6-7,10,12-13H2,1-3H3/t19-,20-,22+,23-/m0/s1. The highest BCUT2D eigenvalue weighted by Crippen LogP contribution is 2.61. The fourth-order valence-electron chi connectivity index (χ4n) is 5.66. The lowest BCUT2D eigenvalue weighted by molar-refractivity contribution is -0.140. The molecule has 26 heavy (non-hydrogen) atoms. The second kappa shape index (κ2) is 6.00. The molecule has 0 radical (unpaired) electrons. The highest BCUT2D eigenvalue weighted by atomic mass is 16.5. The van der Waals surface area contributed by atoms with E-state index in [2.05, 4.69) is 38.2 Å². The van der Waals surface area contributed by atoms with Gasteiger partial charge >= 0.3 is 5.97 Å². The molecule has 0 unspecified atom stereocenters. The molecule has 0 heterocycles. The molecule has 4 aliphatic carbocycles. The number of carbonyl (C=O) groups is 1. The summed E-state index contributed by atoms with van der Waals surface area (Å²) >= 11 is 0. The number of hydrogen-bond acceptors (Lipinski definition) is 3. The van der Waals surface area contributed by atoms with Gasteiger partial charge in [-0.05, 0) is 61.2 Å². The Bertz CT molecular complexity index is 794. The number of ether oxygens (including phenoxy) is 1. The van der Waals surface area contributed by atoms with E-state index in [1.165, 1.54) is 23.6 Å². The molecule has 0 bridgehead atoms. The van der Waals surface area contributed by atoms with Crippen LogP contribution in [0.5, 0.6) is 0 Å². The van der Waals surface area contributed by atoms with Gasteiger partial charge in [-0.1, -0.05) is 42.4 Å². The molecule has 0 spiro atoms. The maximum Gasteiger partial charge on any atom is 0.302 e. The molecule has 4 aliphatic rings. The summed E-state index contributed by atoms with van der Waals surface area (Å²) in [6.07, 6.45) is 17.1. The Labute approximate surface area is 155 Å². The highest BCUT2D eigenvalue weighted by Gasteiger charge is 2.51. The Morgan fingerprint density at radius 1 is 1.27 bits per heavy atom. The van der Waals surface area contributed by atoms with Gasteiger partial charge in [0.15, 0.2) is 0 Å². The number of allylic oxidation sites excluding steroid dienone is 8. The molecule has 0 amide bonds. The molecular formula is C23H28O3. The molecule has 4 rings (SSSR count). The van der Waals surface area contributed by atoms with Crippen LogP contribution in [0.1, 0.15) is 46.5 Å². The molecule has 138 valence electrons. The molecule has 0 aliphatic heterocycles. The second-order valence-electron chi connectivity index (χ2n) is 8.55. The van der Waals surface area contributed by atoms with Crippen molar-refractivity contribution in [2.24, 2.45) is 22.7 Å². The summed E-state index contributed by atoms with van der Waals surface area (Å²) in [5, 5.41) is 9.88. The molecule has 0 aromatic rings. The third-order valence-corrected chi connectivity index (χ3v) is 7.16. The Balaban J connectivity index is 1.60. The van der Waals surface area contributed by atoms with E-state index in [0.717, 1.165) is 25.7 Å². The van der Waals surface area contributed by atoms with Crippen LogP contribution in [-0.2, 0) is 9.53 Å². The molecule has 4 atom stereocenters. The summed E-state index contributed by atoms with van der Waals surface area (Å²) in [4.78, 5) is 11.1. The van der Waals surface area contributed by atoms with Gasteiger partial charge in [0.1, 0.15) is 5.76 Å². The maximum absolute atomic E-state index is 11.1. The number of fused-ring (bicyclic) bond motifs is 5. The van der Waals surface area contributed by atoms with Crippen molar-refractivity contribution in [1.29, 1.82) is 0 Å². The molecule has 0 saturated carbocycles. The van der Waals surface area contributed by atoms with Crippen LogP contribution in [0.25, 0.3) is 0 Å². The van der Waals surface area contributed by atoms with Gasteiger partial charge in [-0.2, -0.15) is 0 Å². The number of rotatable bonds is 3. The molecule has 0 saturated heterocycles. The van der Waals surface area contributed by atoms with E-state index in [0.29, 0.717) is 24.2 Å². The van der Waals surface area contributed by atoms with Crippen molar-refractivity contribution in [3.63, 3.8) is 0 Å². The molecule has 0 aromatic carbocycles. The molecule has 3 heteroatoms. The summed E-state index contributed by atoms with van der Waals surface area (Å²) in [7, 11) is 0. The van der Waals surface area contributed by atoms with E-state index >= 15 is 0 Å². The summed E-state index contributed by atoms with van der Waals surface area (Å²) in [6, 6.07) is 0. The number of aliphatic hydroxyl groups excluding tert-OH is 1. The number of carbonyl (C=O) groups excluding carboxylic acids is 1. The molecule has 0 aromatic heterocycles. The minimum absolute atomic E-state index is 0.0863. The Hall–Kier alpha value is -2.03. The summed E-state index contributed by atoms with van der Waals surface area (Å²) < 4.78 is 5.19. The van der Waals surface area contributed by atoms with Crippen molar-refractivity contribution >= 4 is 5.97 Å². The lowest BCUT2D eigenvalue weighted by atomic mass is 9.53. The van der Waals surface area contributed by atoms with Gasteiger partial charge in [-0.15, -0.1) is 0 Å². The quantitative estimate of drug-likeness (QED) is 0.562. The Kier molecular flexibility index (Phi) is 4.02. The van der Waals surface area contributed by atoms with Gasteiger partial charge in [0, 0.05) is 18.8 Å². The zero-order valence-corrected chi connectivity index (χ0v) is 15.9. The summed E-state index contributed by atoms with van der Waals surface area (Å²) in [5.74, 6) is 1.30. The first-order valence-electron chi connectivity index (χ1n) is 9.68. The van der Waals surface area contributed by atoms with Crippen LogP contribution in [-0.4, -0.2) is 17.7 Å².